The molecule has 1 aliphatic rings. The van der Waals surface area contributed by atoms with Crippen molar-refractivity contribution in [2.45, 2.75) is 40.0 Å². The second-order valence-corrected chi connectivity index (χ2v) is 3.96. The van der Waals surface area contributed by atoms with E-state index in [2.05, 4.69) is 13.0 Å². The molecule has 0 radical (unpaired) electrons. The fraction of sp³-hybridized carbons (Fsp3) is 0.727. The van der Waals surface area contributed by atoms with Gasteiger partial charge in [-0.2, -0.15) is 0 Å². The molecule has 0 fully saturated rings. The van der Waals surface area contributed by atoms with Gasteiger partial charge in [0.05, 0.1) is 0 Å². The first-order valence-electron chi connectivity index (χ1n) is 4.88. The van der Waals surface area contributed by atoms with Gasteiger partial charge in [0.1, 0.15) is 0 Å². The van der Waals surface area contributed by atoms with E-state index in [1.165, 1.54) is 6.42 Å². The molecule has 0 aromatic heterocycles. The van der Waals surface area contributed by atoms with Gasteiger partial charge in [-0.15, -0.1) is 0 Å². The summed E-state index contributed by atoms with van der Waals surface area (Å²) in [5.41, 5.74) is 1.08. The van der Waals surface area contributed by atoms with Crippen molar-refractivity contribution in [2.75, 3.05) is 0 Å². The molecule has 68 valence electrons. The molecule has 0 aromatic rings. The van der Waals surface area contributed by atoms with Gasteiger partial charge in [0.15, 0.2) is 5.78 Å². The normalized spacial score (nSPS) is 23.0. The Balaban J connectivity index is 2.51. The highest BCUT2D eigenvalue weighted by molar-refractivity contribution is 5.97. The highest BCUT2D eigenvalue weighted by Gasteiger charge is 2.21. The largest absolute Gasteiger partial charge is 0.294 e. The zero-order chi connectivity index (χ0) is 9.14. The Kier molecular flexibility index (Phi) is 3.07. The van der Waals surface area contributed by atoms with Crippen LogP contribution < -0.4 is 0 Å². The lowest BCUT2D eigenvalue weighted by Crippen LogP contribution is -2.09. The average molecular weight is 166 g/mol. The van der Waals surface area contributed by atoms with Crippen molar-refractivity contribution in [1.29, 1.82) is 0 Å². The Labute approximate surface area is 74.9 Å². The molecule has 0 heterocycles. The van der Waals surface area contributed by atoms with Gasteiger partial charge in [-0.25, -0.2) is 0 Å². The smallest absolute Gasteiger partial charge is 0.161 e. The Bertz CT molecular complexity index is 201. The third-order valence-electron chi connectivity index (χ3n) is 2.62. The van der Waals surface area contributed by atoms with Crippen molar-refractivity contribution in [3.05, 3.63) is 11.6 Å². The zero-order valence-electron chi connectivity index (χ0n) is 8.26. The number of Topliss-reactive ketones (excluding diaryl/α,β-unsaturated/α-hetero) is 1. The summed E-state index contributed by atoms with van der Waals surface area (Å²) < 4.78 is 0. The predicted octanol–water partition coefficient (Wildman–Crippen LogP) is 2.96. The van der Waals surface area contributed by atoms with E-state index < -0.39 is 0 Å². The Morgan fingerprint density at radius 2 is 2.33 bits per heavy atom. The van der Waals surface area contributed by atoms with Crippen LogP contribution in [-0.2, 0) is 4.79 Å². The lowest BCUT2D eigenvalue weighted by molar-refractivity contribution is -0.118. The van der Waals surface area contributed by atoms with Crippen LogP contribution in [0.3, 0.4) is 0 Å². The van der Waals surface area contributed by atoms with Gasteiger partial charge in [-0.05, 0) is 24.3 Å². The fourth-order valence-electron chi connectivity index (χ4n) is 1.67. The van der Waals surface area contributed by atoms with Gasteiger partial charge in [0.2, 0.25) is 0 Å². The van der Waals surface area contributed by atoms with Crippen LogP contribution in [0, 0.1) is 11.8 Å². The molecule has 0 aromatic carbocycles. The molecule has 0 amide bonds. The molecular formula is C11H18O. The van der Waals surface area contributed by atoms with Crippen molar-refractivity contribution < 1.29 is 4.79 Å². The molecule has 1 nitrogen and oxygen atoms in total. The zero-order valence-corrected chi connectivity index (χ0v) is 8.26. The van der Waals surface area contributed by atoms with E-state index in [-0.39, 0.29) is 5.92 Å². The first kappa shape index (κ1) is 9.50. The maximum Gasteiger partial charge on any atom is 0.161 e. The second kappa shape index (κ2) is 3.88. The van der Waals surface area contributed by atoms with Crippen molar-refractivity contribution in [3.8, 4) is 0 Å². The molecule has 0 aliphatic heterocycles. The second-order valence-electron chi connectivity index (χ2n) is 3.96. The quantitative estimate of drug-likeness (QED) is 0.630. The highest BCUT2D eigenvalue weighted by atomic mass is 16.1. The van der Waals surface area contributed by atoms with Crippen LogP contribution in [0.4, 0.5) is 0 Å². The average Bonchev–Trinajstić information content (AvgIpc) is 2.50. The summed E-state index contributed by atoms with van der Waals surface area (Å²) in [5.74, 6) is 1.26. The molecule has 0 saturated carbocycles. The van der Waals surface area contributed by atoms with Crippen LogP contribution in [0.1, 0.15) is 40.0 Å². The molecular weight excluding hydrogens is 148 g/mol. The molecule has 0 N–H and O–H groups in total. The van der Waals surface area contributed by atoms with Crippen LogP contribution in [0.2, 0.25) is 0 Å². The molecule has 1 rings (SSSR count). The standard InChI is InChI=1S/C11H18O/c1-4-9-5-6-10(7-9)11(12)8(2)3/h6,8-9H,4-5,7H2,1-3H3. The minimum absolute atomic E-state index is 0.173. The molecule has 1 unspecified atom stereocenters. The maximum atomic E-state index is 11.5. The van der Waals surface area contributed by atoms with E-state index in [9.17, 15) is 4.79 Å². The summed E-state index contributed by atoms with van der Waals surface area (Å²) in [7, 11) is 0. The van der Waals surface area contributed by atoms with Crippen LogP contribution in [0.15, 0.2) is 11.6 Å². The van der Waals surface area contributed by atoms with Gasteiger partial charge in [-0.1, -0.05) is 33.3 Å². The number of allylic oxidation sites excluding steroid dienone is 2. The fourth-order valence-corrected chi connectivity index (χ4v) is 1.67. The van der Waals surface area contributed by atoms with Crippen molar-refractivity contribution in [2.24, 2.45) is 11.8 Å². The van der Waals surface area contributed by atoms with Crippen LogP contribution >= 0.6 is 0 Å². The van der Waals surface area contributed by atoms with Gasteiger partial charge in [0, 0.05) is 5.92 Å². The van der Waals surface area contributed by atoms with Gasteiger partial charge >= 0.3 is 0 Å². The summed E-state index contributed by atoms with van der Waals surface area (Å²) in [6, 6.07) is 0. The summed E-state index contributed by atoms with van der Waals surface area (Å²) in [5, 5.41) is 0. The molecule has 0 saturated heterocycles. The van der Waals surface area contributed by atoms with Gasteiger partial charge in [-0.3, -0.25) is 4.79 Å². The van der Waals surface area contributed by atoms with Crippen LogP contribution in [0.25, 0.3) is 0 Å². The lowest BCUT2D eigenvalue weighted by Gasteiger charge is -2.07. The number of hydrogen-bond acceptors (Lipinski definition) is 1. The summed E-state index contributed by atoms with van der Waals surface area (Å²) >= 11 is 0. The van der Waals surface area contributed by atoms with Crippen LogP contribution in [0.5, 0.6) is 0 Å². The number of ketones is 1. The predicted molar refractivity (Wildman–Crippen MR) is 50.9 cm³/mol. The third kappa shape index (κ3) is 1.96. The van der Waals surface area contributed by atoms with Crippen LogP contribution in [-0.4, -0.2) is 5.78 Å². The Hall–Kier alpha value is -0.590. The van der Waals surface area contributed by atoms with E-state index >= 15 is 0 Å². The monoisotopic (exact) mass is 166 g/mol. The topological polar surface area (TPSA) is 17.1 Å². The number of hydrogen-bond donors (Lipinski definition) is 0. The maximum absolute atomic E-state index is 11.5. The van der Waals surface area contributed by atoms with E-state index in [1.54, 1.807) is 0 Å². The molecule has 1 heteroatoms. The van der Waals surface area contributed by atoms with Crippen molar-refractivity contribution in [1.82, 2.24) is 0 Å². The first-order valence-corrected chi connectivity index (χ1v) is 4.88. The van der Waals surface area contributed by atoms with Gasteiger partial charge in [0.25, 0.3) is 0 Å². The molecule has 12 heavy (non-hydrogen) atoms. The van der Waals surface area contributed by atoms with E-state index in [1.807, 2.05) is 13.8 Å². The number of carbonyl (C=O) groups excluding carboxylic acids is 1. The van der Waals surface area contributed by atoms with E-state index in [0.717, 1.165) is 24.3 Å². The lowest BCUT2D eigenvalue weighted by atomic mass is 9.97. The molecule has 1 atom stereocenters. The van der Waals surface area contributed by atoms with Crippen molar-refractivity contribution >= 4 is 5.78 Å². The van der Waals surface area contributed by atoms with Gasteiger partial charge < -0.3 is 0 Å². The number of carbonyl (C=O) groups is 1. The SMILES string of the molecule is CCC1CC=C(C(=O)C(C)C)C1. The summed E-state index contributed by atoms with van der Waals surface area (Å²) in [6.45, 7) is 6.15. The van der Waals surface area contributed by atoms with E-state index in [4.69, 9.17) is 0 Å². The summed E-state index contributed by atoms with van der Waals surface area (Å²) in [6.07, 6.45) is 5.47. The molecule has 0 spiro atoms. The minimum atomic E-state index is 0.173. The summed E-state index contributed by atoms with van der Waals surface area (Å²) in [4.78, 5) is 11.5. The first-order chi connectivity index (χ1) is 5.65. The minimum Gasteiger partial charge on any atom is -0.294 e. The Morgan fingerprint density at radius 1 is 1.67 bits per heavy atom. The third-order valence-corrected chi connectivity index (χ3v) is 2.62. The van der Waals surface area contributed by atoms with E-state index in [0.29, 0.717) is 5.78 Å². The number of rotatable bonds is 3. The molecule has 0 bridgehead atoms. The highest BCUT2D eigenvalue weighted by Crippen LogP contribution is 2.29. The van der Waals surface area contributed by atoms with Crippen molar-refractivity contribution in [3.63, 3.8) is 0 Å². The Morgan fingerprint density at radius 3 is 2.75 bits per heavy atom. The molecule has 1 aliphatic carbocycles.